The molecule has 0 radical (unpaired) electrons. The van der Waals surface area contributed by atoms with E-state index in [2.05, 4.69) is 10.4 Å². The summed E-state index contributed by atoms with van der Waals surface area (Å²) in [5, 5.41) is 7.38. The lowest BCUT2D eigenvalue weighted by Gasteiger charge is -2.10. The van der Waals surface area contributed by atoms with Gasteiger partial charge in [0.2, 0.25) is 5.91 Å². The van der Waals surface area contributed by atoms with E-state index in [1.807, 2.05) is 6.92 Å². The van der Waals surface area contributed by atoms with Gasteiger partial charge in [-0.1, -0.05) is 17.7 Å². The molecule has 0 unspecified atom stereocenters. The van der Waals surface area contributed by atoms with Crippen LogP contribution in [0.15, 0.2) is 24.3 Å². The number of hydrogen-bond donors (Lipinski definition) is 1. The van der Waals surface area contributed by atoms with Gasteiger partial charge < -0.3 is 10.1 Å². The fraction of sp³-hybridized carbons (Fsp3) is 0.235. The minimum absolute atomic E-state index is 0.334. The maximum atomic E-state index is 12.1. The maximum absolute atomic E-state index is 12.1. The fourth-order valence-corrected chi connectivity index (χ4v) is 2.51. The van der Waals surface area contributed by atoms with Gasteiger partial charge in [-0.15, -0.1) is 0 Å². The minimum Gasteiger partial charge on any atom is -0.465 e. The van der Waals surface area contributed by atoms with Crippen LogP contribution < -0.4 is 5.32 Å². The summed E-state index contributed by atoms with van der Waals surface area (Å²) < 4.78 is 6.26. The molecule has 0 aliphatic rings. The van der Waals surface area contributed by atoms with Gasteiger partial charge in [0.25, 0.3) is 0 Å². The average molecular weight is 348 g/mol. The lowest BCUT2D eigenvalue weighted by Crippen LogP contribution is -2.11. The van der Waals surface area contributed by atoms with Crippen molar-refractivity contribution in [1.29, 1.82) is 0 Å². The zero-order chi connectivity index (χ0) is 17.9. The maximum Gasteiger partial charge on any atom is 0.338 e. The number of aromatic nitrogens is 2. The van der Waals surface area contributed by atoms with Crippen LogP contribution in [0, 0.1) is 13.8 Å². The molecule has 1 heterocycles. The predicted molar refractivity (Wildman–Crippen MR) is 93.1 cm³/mol. The Labute approximate surface area is 145 Å². The highest BCUT2D eigenvalue weighted by Gasteiger charge is 2.13. The summed E-state index contributed by atoms with van der Waals surface area (Å²) in [6, 6.07) is 5.04. The molecule has 6 nitrogen and oxygen atoms in total. The predicted octanol–water partition coefficient (Wildman–Crippen LogP) is 3.13. The Morgan fingerprint density at radius 3 is 2.62 bits per heavy atom. The molecule has 0 fully saturated rings. The van der Waals surface area contributed by atoms with Gasteiger partial charge in [-0.2, -0.15) is 5.10 Å². The highest BCUT2D eigenvalue weighted by Crippen LogP contribution is 2.21. The van der Waals surface area contributed by atoms with Crippen LogP contribution in [-0.4, -0.2) is 28.8 Å². The number of methoxy groups -OCH3 is 1. The first kappa shape index (κ1) is 17.7. The number of carbonyl (C=O) groups is 2. The summed E-state index contributed by atoms with van der Waals surface area (Å²) in [5.74, 6) is -0.781. The van der Waals surface area contributed by atoms with E-state index in [0.29, 0.717) is 27.5 Å². The monoisotopic (exact) mass is 347 g/mol. The third-order valence-electron chi connectivity index (χ3n) is 3.59. The van der Waals surface area contributed by atoms with Gasteiger partial charge >= 0.3 is 5.97 Å². The molecule has 0 aliphatic heterocycles. The SMILES string of the molecule is COC(=O)c1cccc(NC(=O)/C=C/c2c(C)nn(C)c2Cl)c1C. The number of ether oxygens (including phenoxy) is 1. The number of anilines is 1. The number of nitrogens with zero attached hydrogens (tertiary/aromatic N) is 2. The fourth-order valence-electron chi connectivity index (χ4n) is 2.27. The molecule has 1 amide bonds. The zero-order valence-corrected chi connectivity index (χ0v) is 14.6. The largest absolute Gasteiger partial charge is 0.465 e. The normalized spacial score (nSPS) is 10.9. The molecule has 0 spiro atoms. The summed E-state index contributed by atoms with van der Waals surface area (Å²) in [7, 11) is 3.05. The van der Waals surface area contributed by atoms with E-state index in [1.165, 1.54) is 13.2 Å². The van der Waals surface area contributed by atoms with E-state index in [4.69, 9.17) is 16.3 Å². The van der Waals surface area contributed by atoms with Crippen molar-refractivity contribution in [3.63, 3.8) is 0 Å². The number of halogens is 1. The van der Waals surface area contributed by atoms with Gasteiger partial charge in [-0.05, 0) is 37.6 Å². The van der Waals surface area contributed by atoms with Crippen LogP contribution >= 0.6 is 11.6 Å². The molecule has 2 aromatic rings. The number of hydrogen-bond acceptors (Lipinski definition) is 4. The second-order valence-electron chi connectivity index (χ2n) is 5.21. The number of nitrogens with one attached hydrogen (secondary N) is 1. The number of amides is 1. The second-order valence-corrected chi connectivity index (χ2v) is 5.56. The third kappa shape index (κ3) is 3.65. The summed E-state index contributed by atoms with van der Waals surface area (Å²) in [6.07, 6.45) is 2.99. The molecule has 7 heteroatoms. The lowest BCUT2D eigenvalue weighted by atomic mass is 10.1. The molecular weight excluding hydrogens is 330 g/mol. The molecule has 0 atom stereocenters. The Balaban J connectivity index is 2.18. The topological polar surface area (TPSA) is 73.2 Å². The highest BCUT2D eigenvalue weighted by molar-refractivity contribution is 6.31. The van der Waals surface area contributed by atoms with E-state index < -0.39 is 5.97 Å². The highest BCUT2D eigenvalue weighted by atomic mass is 35.5. The van der Waals surface area contributed by atoms with Crippen molar-refractivity contribution in [3.8, 4) is 0 Å². The Kier molecular flexibility index (Phi) is 5.41. The van der Waals surface area contributed by atoms with Gasteiger partial charge in [-0.3, -0.25) is 9.48 Å². The van der Waals surface area contributed by atoms with Crippen molar-refractivity contribution in [2.75, 3.05) is 12.4 Å². The van der Waals surface area contributed by atoms with Crippen molar-refractivity contribution in [3.05, 3.63) is 51.8 Å². The summed E-state index contributed by atoms with van der Waals surface area (Å²) in [5.41, 5.74) is 3.01. The number of aryl methyl sites for hydroxylation is 2. The van der Waals surface area contributed by atoms with Gasteiger partial charge in [0.1, 0.15) is 5.15 Å². The molecule has 0 saturated carbocycles. The summed E-state index contributed by atoms with van der Waals surface area (Å²) in [6.45, 7) is 3.56. The number of esters is 1. The third-order valence-corrected chi connectivity index (χ3v) is 4.04. The van der Waals surface area contributed by atoms with E-state index in [0.717, 1.165) is 5.69 Å². The number of benzene rings is 1. The summed E-state index contributed by atoms with van der Waals surface area (Å²) in [4.78, 5) is 23.8. The molecule has 1 aromatic carbocycles. The van der Waals surface area contributed by atoms with Crippen molar-refractivity contribution in [1.82, 2.24) is 9.78 Å². The van der Waals surface area contributed by atoms with Crippen LogP contribution in [0.5, 0.6) is 0 Å². The van der Waals surface area contributed by atoms with Crippen LogP contribution in [0.4, 0.5) is 5.69 Å². The molecule has 24 heavy (non-hydrogen) atoms. The molecule has 0 bridgehead atoms. The van der Waals surface area contributed by atoms with Crippen molar-refractivity contribution >= 4 is 35.2 Å². The van der Waals surface area contributed by atoms with E-state index in [-0.39, 0.29) is 5.91 Å². The molecular formula is C17H18ClN3O3. The second kappa shape index (κ2) is 7.31. The number of carbonyl (C=O) groups excluding carboxylic acids is 2. The average Bonchev–Trinajstić information content (AvgIpc) is 2.79. The van der Waals surface area contributed by atoms with Crippen molar-refractivity contribution in [2.45, 2.75) is 13.8 Å². The standard InChI is InChI=1S/C17H18ClN3O3/c1-10-12(17(23)24-4)6-5-7-14(10)19-15(22)9-8-13-11(2)20-21(3)16(13)18/h5-9H,1-4H3,(H,19,22)/b9-8+. The van der Waals surface area contributed by atoms with Gasteiger partial charge in [0.05, 0.1) is 18.4 Å². The smallest absolute Gasteiger partial charge is 0.338 e. The summed E-state index contributed by atoms with van der Waals surface area (Å²) >= 11 is 6.12. The molecule has 1 aromatic heterocycles. The first-order valence-electron chi connectivity index (χ1n) is 7.21. The van der Waals surface area contributed by atoms with Gasteiger partial charge in [0, 0.05) is 24.4 Å². The molecule has 0 saturated heterocycles. The molecule has 2 rings (SSSR count). The van der Waals surface area contributed by atoms with Crippen LogP contribution in [0.25, 0.3) is 6.08 Å². The Hall–Kier alpha value is -2.60. The minimum atomic E-state index is -0.447. The Morgan fingerprint density at radius 2 is 2.04 bits per heavy atom. The number of rotatable bonds is 4. The quantitative estimate of drug-likeness (QED) is 0.681. The van der Waals surface area contributed by atoms with Crippen molar-refractivity contribution < 1.29 is 14.3 Å². The lowest BCUT2D eigenvalue weighted by molar-refractivity contribution is -0.111. The Bertz CT molecular complexity index is 825. The molecule has 126 valence electrons. The van der Waals surface area contributed by atoms with Crippen LogP contribution in [0.2, 0.25) is 5.15 Å². The van der Waals surface area contributed by atoms with Crippen molar-refractivity contribution in [2.24, 2.45) is 7.05 Å². The molecule has 1 N–H and O–H groups in total. The van der Waals surface area contributed by atoms with Gasteiger partial charge in [-0.25, -0.2) is 4.79 Å². The van der Waals surface area contributed by atoms with Crippen LogP contribution in [-0.2, 0) is 16.6 Å². The van der Waals surface area contributed by atoms with Crippen LogP contribution in [0.3, 0.4) is 0 Å². The first-order chi connectivity index (χ1) is 11.3. The molecule has 0 aliphatic carbocycles. The van der Waals surface area contributed by atoms with E-state index in [1.54, 1.807) is 42.9 Å². The zero-order valence-electron chi connectivity index (χ0n) is 13.9. The van der Waals surface area contributed by atoms with E-state index >= 15 is 0 Å². The van der Waals surface area contributed by atoms with Gasteiger partial charge in [0.15, 0.2) is 0 Å². The first-order valence-corrected chi connectivity index (χ1v) is 7.59. The van der Waals surface area contributed by atoms with Crippen LogP contribution in [0.1, 0.15) is 27.2 Å². The Morgan fingerprint density at radius 1 is 1.33 bits per heavy atom. The van der Waals surface area contributed by atoms with E-state index in [9.17, 15) is 9.59 Å².